The molecule has 4 nitrogen and oxygen atoms in total. The second-order valence-corrected chi connectivity index (χ2v) is 3.66. The van der Waals surface area contributed by atoms with Crippen molar-refractivity contribution < 1.29 is 14.2 Å². The first-order chi connectivity index (χ1) is 7.43. The van der Waals surface area contributed by atoms with E-state index in [4.69, 9.17) is 14.2 Å². The summed E-state index contributed by atoms with van der Waals surface area (Å²) in [5.41, 5.74) is 0. The van der Waals surface area contributed by atoms with Crippen LogP contribution in [0, 0.1) is 0 Å². The van der Waals surface area contributed by atoms with Gasteiger partial charge in [0.1, 0.15) is 0 Å². The first kappa shape index (κ1) is 12.9. The smallest absolute Gasteiger partial charge is 0.0831 e. The van der Waals surface area contributed by atoms with Gasteiger partial charge in [0.05, 0.1) is 19.3 Å². The Labute approximate surface area is 92.3 Å². The van der Waals surface area contributed by atoms with E-state index in [1.54, 1.807) is 0 Å². The number of ether oxygens (including phenoxy) is 3. The highest BCUT2D eigenvalue weighted by molar-refractivity contribution is 4.63. The Morgan fingerprint density at radius 1 is 1.33 bits per heavy atom. The van der Waals surface area contributed by atoms with Crippen molar-refractivity contribution in [2.45, 2.75) is 25.9 Å². The highest BCUT2D eigenvalue weighted by Crippen LogP contribution is 2.06. The standard InChI is InChI=1S/C11H23NO3/c1-2-13-7-3-5-12-6-9-15-11-4-8-14-10-11/h11-12H,2-10H2,1H3. The summed E-state index contributed by atoms with van der Waals surface area (Å²) in [5.74, 6) is 0. The van der Waals surface area contributed by atoms with E-state index < -0.39 is 0 Å². The summed E-state index contributed by atoms with van der Waals surface area (Å²) in [7, 11) is 0. The Bertz CT molecular complexity index is 138. The summed E-state index contributed by atoms with van der Waals surface area (Å²) in [6.07, 6.45) is 2.44. The van der Waals surface area contributed by atoms with Gasteiger partial charge in [0.15, 0.2) is 0 Å². The fraction of sp³-hybridized carbons (Fsp3) is 1.00. The molecule has 1 N–H and O–H groups in total. The third-order valence-electron chi connectivity index (χ3n) is 2.37. The van der Waals surface area contributed by atoms with Crippen LogP contribution >= 0.6 is 0 Å². The highest BCUT2D eigenvalue weighted by atomic mass is 16.5. The summed E-state index contributed by atoms with van der Waals surface area (Å²) in [4.78, 5) is 0. The minimum Gasteiger partial charge on any atom is -0.382 e. The Balaban J connectivity index is 1.73. The van der Waals surface area contributed by atoms with Gasteiger partial charge in [0.25, 0.3) is 0 Å². The average molecular weight is 217 g/mol. The van der Waals surface area contributed by atoms with Crippen molar-refractivity contribution in [3.8, 4) is 0 Å². The van der Waals surface area contributed by atoms with Crippen LogP contribution in [-0.2, 0) is 14.2 Å². The molecule has 4 heteroatoms. The molecule has 0 aromatic rings. The maximum atomic E-state index is 5.61. The maximum Gasteiger partial charge on any atom is 0.0831 e. The maximum absolute atomic E-state index is 5.61. The molecule has 0 bridgehead atoms. The zero-order chi connectivity index (χ0) is 10.8. The van der Waals surface area contributed by atoms with Crippen LogP contribution < -0.4 is 5.32 Å². The molecule has 0 amide bonds. The van der Waals surface area contributed by atoms with Crippen LogP contribution in [0.3, 0.4) is 0 Å². The lowest BCUT2D eigenvalue weighted by Gasteiger charge is -2.10. The monoisotopic (exact) mass is 217 g/mol. The lowest BCUT2D eigenvalue weighted by atomic mass is 10.3. The zero-order valence-corrected chi connectivity index (χ0v) is 9.67. The van der Waals surface area contributed by atoms with E-state index in [1.165, 1.54) is 0 Å². The van der Waals surface area contributed by atoms with Crippen LogP contribution in [0.5, 0.6) is 0 Å². The van der Waals surface area contributed by atoms with Crippen molar-refractivity contribution in [1.29, 1.82) is 0 Å². The van der Waals surface area contributed by atoms with Gasteiger partial charge in [-0.1, -0.05) is 0 Å². The normalized spacial score (nSPS) is 21.0. The molecule has 1 heterocycles. The van der Waals surface area contributed by atoms with Gasteiger partial charge in [-0.25, -0.2) is 0 Å². The molecule has 0 saturated carbocycles. The second kappa shape index (κ2) is 9.09. The first-order valence-corrected chi connectivity index (χ1v) is 5.91. The molecule has 0 spiro atoms. The molecular formula is C11H23NO3. The molecule has 1 saturated heterocycles. The minimum absolute atomic E-state index is 0.329. The summed E-state index contributed by atoms with van der Waals surface area (Å²) < 4.78 is 16.1. The molecule has 1 atom stereocenters. The van der Waals surface area contributed by atoms with Gasteiger partial charge in [0, 0.05) is 26.4 Å². The van der Waals surface area contributed by atoms with Crippen LogP contribution in [-0.4, -0.2) is 52.2 Å². The molecule has 0 aromatic heterocycles. The first-order valence-electron chi connectivity index (χ1n) is 5.91. The van der Waals surface area contributed by atoms with Crippen molar-refractivity contribution in [2.75, 3.05) is 46.1 Å². The van der Waals surface area contributed by atoms with E-state index in [0.29, 0.717) is 6.10 Å². The Morgan fingerprint density at radius 2 is 2.27 bits per heavy atom. The van der Waals surface area contributed by atoms with Crippen LogP contribution in [0.15, 0.2) is 0 Å². The number of nitrogens with one attached hydrogen (secondary N) is 1. The molecule has 0 radical (unpaired) electrons. The van der Waals surface area contributed by atoms with E-state index in [0.717, 1.165) is 59.0 Å². The molecule has 0 aromatic carbocycles. The summed E-state index contributed by atoms with van der Waals surface area (Å²) in [6, 6.07) is 0. The predicted octanol–water partition coefficient (Wildman–Crippen LogP) is 0.808. The average Bonchev–Trinajstić information content (AvgIpc) is 2.75. The summed E-state index contributed by atoms with van der Waals surface area (Å²) >= 11 is 0. The van der Waals surface area contributed by atoms with Crippen LogP contribution in [0.4, 0.5) is 0 Å². The molecule has 1 rings (SSSR count). The Morgan fingerprint density at radius 3 is 3.00 bits per heavy atom. The molecule has 90 valence electrons. The number of hydrogen-bond acceptors (Lipinski definition) is 4. The van der Waals surface area contributed by atoms with Gasteiger partial charge in [-0.15, -0.1) is 0 Å². The van der Waals surface area contributed by atoms with Crippen LogP contribution in [0.2, 0.25) is 0 Å². The van der Waals surface area contributed by atoms with Crippen molar-refractivity contribution in [3.05, 3.63) is 0 Å². The van der Waals surface area contributed by atoms with Crippen molar-refractivity contribution in [1.82, 2.24) is 5.32 Å². The lowest BCUT2D eigenvalue weighted by molar-refractivity contribution is 0.0443. The topological polar surface area (TPSA) is 39.7 Å². The molecule has 0 aliphatic carbocycles. The molecule has 1 aliphatic heterocycles. The quantitative estimate of drug-likeness (QED) is 0.580. The fourth-order valence-electron chi connectivity index (χ4n) is 1.51. The van der Waals surface area contributed by atoms with Gasteiger partial charge in [0.2, 0.25) is 0 Å². The fourth-order valence-corrected chi connectivity index (χ4v) is 1.51. The van der Waals surface area contributed by atoms with Crippen LogP contribution in [0.25, 0.3) is 0 Å². The van der Waals surface area contributed by atoms with Gasteiger partial charge < -0.3 is 19.5 Å². The molecular weight excluding hydrogens is 194 g/mol. The second-order valence-electron chi connectivity index (χ2n) is 3.66. The number of hydrogen-bond donors (Lipinski definition) is 1. The number of rotatable bonds is 9. The van der Waals surface area contributed by atoms with E-state index in [1.807, 2.05) is 6.92 Å². The Hall–Kier alpha value is -0.160. The Kier molecular flexibility index (Phi) is 7.83. The van der Waals surface area contributed by atoms with Crippen molar-refractivity contribution in [3.63, 3.8) is 0 Å². The minimum atomic E-state index is 0.329. The predicted molar refractivity (Wildman–Crippen MR) is 59.2 cm³/mol. The van der Waals surface area contributed by atoms with Gasteiger partial charge in [-0.3, -0.25) is 0 Å². The van der Waals surface area contributed by atoms with Crippen molar-refractivity contribution >= 4 is 0 Å². The zero-order valence-electron chi connectivity index (χ0n) is 9.67. The highest BCUT2D eigenvalue weighted by Gasteiger charge is 2.14. The molecule has 1 aliphatic rings. The third kappa shape index (κ3) is 6.84. The van der Waals surface area contributed by atoms with Crippen LogP contribution in [0.1, 0.15) is 19.8 Å². The summed E-state index contributed by atoms with van der Waals surface area (Å²) in [6.45, 7) is 8.00. The third-order valence-corrected chi connectivity index (χ3v) is 2.37. The lowest BCUT2D eigenvalue weighted by Crippen LogP contribution is -2.24. The molecule has 15 heavy (non-hydrogen) atoms. The SMILES string of the molecule is CCOCCCNCCOC1CCOC1. The largest absolute Gasteiger partial charge is 0.382 e. The van der Waals surface area contributed by atoms with E-state index in [2.05, 4.69) is 5.32 Å². The van der Waals surface area contributed by atoms with Crippen molar-refractivity contribution in [2.24, 2.45) is 0 Å². The van der Waals surface area contributed by atoms with Gasteiger partial charge >= 0.3 is 0 Å². The van der Waals surface area contributed by atoms with E-state index >= 15 is 0 Å². The van der Waals surface area contributed by atoms with Gasteiger partial charge in [-0.05, 0) is 26.3 Å². The van der Waals surface area contributed by atoms with E-state index in [9.17, 15) is 0 Å². The molecule has 1 fully saturated rings. The van der Waals surface area contributed by atoms with Gasteiger partial charge in [-0.2, -0.15) is 0 Å². The van der Waals surface area contributed by atoms with E-state index in [-0.39, 0.29) is 0 Å². The summed E-state index contributed by atoms with van der Waals surface area (Å²) in [5, 5.41) is 3.32. The molecule has 1 unspecified atom stereocenters.